The summed E-state index contributed by atoms with van der Waals surface area (Å²) in [6.45, 7) is 6.32. The van der Waals surface area contributed by atoms with E-state index >= 15 is 0 Å². The van der Waals surface area contributed by atoms with Gasteiger partial charge in [-0.05, 0) is 31.6 Å². The van der Waals surface area contributed by atoms with Gasteiger partial charge in [0.05, 0.1) is 25.1 Å². The molecule has 0 saturated heterocycles. The lowest BCUT2D eigenvalue weighted by Crippen LogP contribution is -2.53. The Morgan fingerprint density at radius 1 is 1.12 bits per heavy atom. The smallest absolute Gasteiger partial charge is 0.306 e. The van der Waals surface area contributed by atoms with E-state index in [0.717, 1.165) is 19.4 Å². The SMILES string of the molecule is CCC(=O)N[C@@H](CCCC[NH3+])C(=O)N[C@@H](CC(C)C)[C@@H](O)CC(=O)O. The molecule has 8 heteroatoms. The van der Waals surface area contributed by atoms with Gasteiger partial charge in [0.1, 0.15) is 6.04 Å². The van der Waals surface area contributed by atoms with Gasteiger partial charge in [-0.3, -0.25) is 14.4 Å². The fraction of sp³-hybridized carbons (Fsp3) is 0.824. The Morgan fingerprint density at radius 2 is 1.76 bits per heavy atom. The average Bonchev–Trinajstić information content (AvgIpc) is 2.51. The average molecular weight is 360 g/mol. The summed E-state index contributed by atoms with van der Waals surface area (Å²) in [6.07, 6.45) is 1.19. The topological polar surface area (TPSA) is 143 Å². The zero-order chi connectivity index (χ0) is 19.4. The van der Waals surface area contributed by atoms with Gasteiger partial charge in [0.15, 0.2) is 0 Å². The predicted octanol–water partition coefficient (Wildman–Crippen LogP) is -0.340. The maximum Gasteiger partial charge on any atom is 0.306 e. The largest absolute Gasteiger partial charge is 0.481 e. The van der Waals surface area contributed by atoms with E-state index in [-0.39, 0.29) is 24.2 Å². The molecule has 0 aliphatic rings. The molecule has 2 amide bonds. The predicted molar refractivity (Wildman–Crippen MR) is 93.5 cm³/mol. The lowest BCUT2D eigenvalue weighted by atomic mass is 9.96. The standard InChI is InChI=1S/C17H33N3O5/c1-4-15(22)19-12(7-5-6-8-18)17(25)20-13(9-11(2)3)14(21)10-16(23)24/h11-14,21H,4-10,18H2,1-3H3,(H,19,22)(H,20,25)(H,23,24)/p+1/t12-,13-,14-/m0/s1. The normalized spacial score (nSPS) is 14.6. The van der Waals surface area contributed by atoms with Crippen molar-refractivity contribution < 1.29 is 30.3 Å². The van der Waals surface area contributed by atoms with Gasteiger partial charge in [0, 0.05) is 6.42 Å². The van der Waals surface area contributed by atoms with Gasteiger partial charge in [0.25, 0.3) is 0 Å². The molecule has 0 bridgehead atoms. The highest BCUT2D eigenvalue weighted by molar-refractivity contribution is 5.87. The Balaban J connectivity index is 4.99. The Morgan fingerprint density at radius 3 is 2.24 bits per heavy atom. The third-order valence-electron chi connectivity index (χ3n) is 3.87. The van der Waals surface area contributed by atoms with E-state index in [9.17, 15) is 19.5 Å². The van der Waals surface area contributed by atoms with Gasteiger partial charge >= 0.3 is 5.97 Å². The number of aliphatic carboxylic acids is 1. The van der Waals surface area contributed by atoms with Crippen LogP contribution in [0.3, 0.4) is 0 Å². The number of hydrogen-bond acceptors (Lipinski definition) is 4. The van der Waals surface area contributed by atoms with Crippen molar-refractivity contribution in [3.05, 3.63) is 0 Å². The summed E-state index contributed by atoms with van der Waals surface area (Å²) < 4.78 is 0. The van der Waals surface area contributed by atoms with Crippen LogP contribution in [0.25, 0.3) is 0 Å². The molecule has 0 rings (SSSR count). The van der Waals surface area contributed by atoms with E-state index in [1.807, 2.05) is 13.8 Å². The number of hydrogen-bond donors (Lipinski definition) is 5. The van der Waals surface area contributed by atoms with E-state index in [1.54, 1.807) is 6.92 Å². The minimum Gasteiger partial charge on any atom is -0.481 e. The maximum absolute atomic E-state index is 12.6. The molecule has 25 heavy (non-hydrogen) atoms. The number of amides is 2. The van der Waals surface area contributed by atoms with Crippen LogP contribution in [0.4, 0.5) is 0 Å². The van der Waals surface area contributed by atoms with Crippen LogP contribution >= 0.6 is 0 Å². The molecule has 146 valence electrons. The van der Waals surface area contributed by atoms with Gasteiger partial charge in [-0.15, -0.1) is 0 Å². The third kappa shape index (κ3) is 10.7. The van der Waals surface area contributed by atoms with Gasteiger partial charge in [0.2, 0.25) is 11.8 Å². The minimum atomic E-state index is -1.17. The first kappa shape index (κ1) is 23.3. The van der Waals surface area contributed by atoms with E-state index < -0.39 is 30.6 Å². The van der Waals surface area contributed by atoms with Crippen molar-refractivity contribution in [1.29, 1.82) is 0 Å². The first-order chi connectivity index (χ1) is 11.7. The Kier molecular flexibility index (Phi) is 11.8. The molecule has 0 radical (unpaired) electrons. The molecule has 0 spiro atoms. The Hall–Kier alpha value is -1.67. The van der Waals surface area contributed by atoms with Crippen molar-refractivity contribution in [3.63, 3.8) is 0 Å². The van der Waals surface area contributed by atoms with Gasteiger partial charge in [-0.25, -0.2) is 0 Å². The summed E-state index contributed by atoms with van der Waals surface area (Å²) in [6, 6.07) is -1.36. The van der Waals surface area contributed by atoms with Crippen molar-refractivity contribution in [2.24, 2.45) is 5.92 Å². The molecular weight excluding hydrogens is 326 g/mol. The highest BCUT2D eigenvalue weighted by Gasteiger charge is 2.28. The van der Waals surface area contributed by atoms with Gasteiger partial charge in [-0.1, -0.05) is 20.8 Å². The molecule has 0 fully saturated rings. The van der Waals surface area contributed by atoms with E-state index in [0.29, 0.717) is 12.8 Å². The summed E-state index contributed by atoms with van der Waals surface area (Å²) in [7, 11) is 0. The van der Waals surface area contributed by atoms with Crippen molar-refractivity contribution in [2.75, 3.05) is 6.54 Å². The molecule has 0 aliphatic heterocycles. The van der Waals surface area contributed by atoms with Crippen LogP contribution in [0.15, 0.2) is 0 Å². The van der Waals surface area contributed by atoms with Gasteiger partial charge in [-0.2, -0.15) is 0 Å². The Bertz CT molecular complexity index is 429. The van der Waals surface area contributed by atoms with E-state index in [1.165, 1.54) is 0 Å². The summed E-state index contributed by atoms with van der Waals surface area (Å²) in [5.74, 6) is -1.56. The zero-order valence-electron chi connectivity index (χ0n) is 15.6. The summed E-state index contributed by atoms with van der Waals surface area (Å²) in [5.41, 5.74) is 3.76. The molecular formula is C17H34N3O5+. The number of carboxylic acids is 1. The molecule has 0 aromatic rings. The van der Waals surface area contributed by atoms with Crippen LogP contribution in [0.1, 0.15) is 59.3 Å². The number of unbranched alkanes of at least 4 members (excludes halogenated alkanes) is 1. The second-order valence-corrected chi connectivity index (χ2v) is 6.73. The summed E-state index contributed by atoms with van der Waals surface area (Å²) in [5, 5.41) is 24.4. The van der Waals surface area contributed by atoms with Crippen molar-refractivity contribution >= 4 is 17.8 Å². The van der Waals surface area contributed by atoms with Crippen molar-refractivity contribution in [1.82, 2.24) is 10.6 Å². The second-order valence-electron chi connectivity index (χ2n) is 6.73. The lowest BCUT2D eigenvalue weighted by molar-refractivity contribution is -0.368. The number of rotatable bonds is 13. The quantitative estimate of drug-likeness (QED) is 0.285. The molecule has 8 nitrogen and oxygen atoms in total. The number of nitrogens with one attached hydrogen (secondary N) is 2. The molecule has 0 aromatic carbocycles. The first-order valence-corrected chi connectivity index (χ1v) is 9.00. The van der Waals surface area contributed by atoms with Crippen LogP contribution in [0.5, 0.6) is 0 Å². The van der Waals surface area contributed by atoms with Crippen LogP contribution in [-0.4, -0.2) is 52.7 Å². The molecule has 0 unspecified atom stereocenters. The number of aliphatic hydroxyl groups is 1. The van der Waals surface area contributed by atoms with Crippen molar-refractivity contribution in [2.45, 2.75) is 77.5 Å². The van der Waals surface area contributed by atoms with Crippen LogP contribution < -0.4 is 16.4 Å². The number of carbonyl (C=O) groups is 3. The number of carboxylic acid groups (broad SMARTS) is 1. The maximum atomic E-state index is 12.6. The summed E-state index contributed by atoms with van der Waals surface area (Å²) in [4.78, 5) is 35.1. The van der Waals surface area contributed by atoms with Crippen LogP contribution in [0, 0.1) is 5.92 Å². The minimum absolute atomic E-state index is 0.170. The molecule has 0 heterocycles. The highest BCUT2D eigenvalue weighted by atomic mass is 16.4. The molecule has 3 atom stereocenters. The first-order valence-electron chi connectivity index (χ1n) is 9.00. The third-order valence-corrected chi connectivity index (χ3v) is 3.87. The summed E-state index contributed by atoms with van der Waals surface area (Å²) >= 11 is 0. The second kappa shape index (κ2) is 12.7. The highest BCUT2D eigenvalue weighted by Crippen LogP contribution is 2.12. The van der Waals surface area contributed by atoms with Crippen LogP contribution in [0.2, 0.25) is 0 Å². The molecule has 0 aromatic heterocycles. The van der Waals surface area contributed by atoms with Crippen LogP contribution in [-0.2, 0) is 14.4 Å². The number of aliphatic hydroxyl groups excluding tert-OH is 1. The number of carbonyl (C=O) groups excluding carboxylic acids is 2. The Labute approximate surface area is 149 Å². The number of quaternary nitrogens is 1. The fourth-order valence-electron chi connectivity index (χ4n) is 2.51. The lowest BCUT2D eigenvalue weighted by Gasteiger charge is -2.27. The van der Waals surface area contributed by atoms with Crippen molar-refractivity contribution in [3.8, 4) is 0 Å². The zero-order valence-corrected chi connectivity index (χ0v) is 15.6. The molecule has 0 aliphatic carbocycles. The monoisotopic (exact) mass is 360 g/mol. The van der Waals surface area contributed by atoms with Gasteiger partial charge < -0.3 is 26.6 Å². The molecule has 0 saturated carbocycles. The molecule has 7 N–H and O–H groups in total. The van der Waals surface area contributed by atoms with E-state index in [4.69, 9.17) is 5.11 Å². The fourth-order valence-corrected chi connectivity index (χ4v) is 2.51. The van der Waals surface area contributed by atoms with E-state index in [2.05, 4.69) is 16.4 Å².